The van der Waals surface area contributed by atoms with E-state index in [0.29, 0.717) is 6.04 Å². The lowest BCUT2D eigenvalue weighted by Gasteiger charge is -2.24. The summed E-state index contributed by atoms with van der Waals surface area (Å²) in [6.45, 7) is 5.99. The summed E-state index contributed by atoms with van der Waals surface area (Å²) < 4.78 is 0. The molecule has 122 valence electrons. The fourth-order valence-corrected chi connectivity index (χ4v) is 3.33. The van der Waals surface area contributed by atoms with E-state index in [9.17, 15) is 10.1 Å². The van der Waals surface area contributed by atoms with Crippen LogP contribution in [0.5, 0.6) is 0 Å². The summed E-state index contributed by atoms with van der Waals surface area (Å²) in [7, 11) is 0. The number of hydrogen-bond donors (Lipinski definition) is 1. The van der Waals surface area contributed by atoms with Crippen molar-refractivity contribution in [3.05, 3.63) is 39.4 Å². The SMILES string of the molecule is CC(C)c1ccc(CN2CCCC2CCCO)cc1[N+](=O)[O-]. The molecule has 0 saturated carbocycles. The number of likely N-dealkylation sites (tertiary alicyclic amines) is 1. The Morgan fingerprint density at radius 3 is 2.86 bits per heavy atom. The fourth-order valence-electron chi connectivity index (χ4n) is 3.33. The predicted molar refractivity (Wildman–Crippen MR) is 86.9 cm³/mol. The zero-order valence-electron chi connectivity index (χ0n) is 13.5. The van der Waals surface area contributed by atoms with E-state index in [1.54, 1.807) is 6.07 Å². The van der Waals surface area contributed by atoms with Crippen LogP contribution in [0.3, 0.4) is 0 Å². The molecule has 1 aliphatic heterocycles. The van der Waals surface area contributed by atoms with Crippen LogP contribution >= 0.6 is 0 Å². The van der Waals surface area contributed by atoms with Crippen molar-refractivity contribution < 1.29 is 10.0 Å². The Bertz CT molecular complexity index is 517. The zero-order valence-corrected chi connectivity index (χ0v) is 13.5. The summed E-state index contributed by atoms with van der Waals surface area (Å²) in [5.74, 6) is 0.151. The Balaban J connectivity index is 2.12. The smallest absolute Gasteiger partial charge is 0.273 e. The molecule has 0 bridgehead atoms. The topological polar surface area (TPSA) is 66.6 Å². The number of benzene rings is 1. The van der Waals surface area contributed by atoms with Gasteiger partial charge in [-0.25, -0.2) is 0 Å². The molecular weight excluding hydrogens is 280 g/mol. The summed E-state index contributed by atoms with van der Waals surface area (Å²) in [5.41, 5.74) is 2.04. The second-order valence-corrected chi connectivity index (χ2v) is 6.44. The molecule has 0 amide bonds. The van der Waals surface area contributed by atoms with Crippen molar-refractivity contribution >= 4 is 5.69 Å². The molecule has 22 heavy (non-hydrogen) atoms. The van der Waals surface area contributed by atoms with Crippen LogP contribution in [0.2, 0.25) is 0 Å². The normalized spacial score (nSPS) is 19.0. The molecule has 0 aromatic heterocycles. The van der Waals surface area contributed by atoms with Crippen molar-refractivity contribution in [2.24, 2.45) is 0 Å². The van der Waals surface area contributed by atoms with Gasteiger partial charge in [-0.1, -0.05) is 26.0 Å². The minimum atomic E-state index is -0.272. The molecule has 1 aliphatic rings. The van der Waals surface area contributed by atoms with E-state index in [0.717, 1.165) is 43.5 Å². The van der Waals surface area contributed by atoms with Gasteiger partial charge in [0.1, 0.15) is 0 Å². The van der Waals surface area contributed by atoms with Gasteiger partial charge < -0.3 is 5.11 Å². The summed E-state index contributed by atoms with van der Waals surface area (Å²) in [6, 6.07) is 6.15. The molecule has 5 nitrogen and oxygen atoms in total. The van der Waals surface area contributed by atoms with E-state index in [1.807, 2.05) is 26.0 Å². The van der Waals surface area contributed by atoms with Crippen LogP contribution in [0, 0.1) is 10.1 Å². The summed E-state index contributed by atoms with van der Waals surface area (Å²) in [4.78, 5) is 13.4. The van der Waals surface area contributed by atoms with Gasteiger partial charge in [-0.3, -0.25) is 15.0 Å². The van der Waals surface area contributed by atoms with E-state index < -0.39 is 0 Å². The first-order chi connectivity index (χ1) is 10.5. The Morgan fingerprint density at radius 2 is 2.23 bits per heavy atom. The molecule has 5 heteroatoms. The lowest BCUT2D eigenvalue weighted by molar-refractivity contribution is -0.385. The standard InChI is InChI=1S/C17H26N2O3/c1-13(2)16-8-7-14(11-17(16)19(21)22)12-18-9-3-5-15(18)6-4-10-20/h7-8,11,13,15,20H,3-6,9-10,12H2,1-2H3. The highest BCUT2D eigenvalue weighted by atomic mass is 16.6. The van der Waals surface area contributed by atoms with Gasteiger partial charge in [0, 0.05) is 30.8 Å². The monoisotopic (exact) mass is 306 g/mol. The number of rotatable bonds is 7. The second kappa shape index (κ2) is 7.70. The summed E-state index contributed by atoms with van der Waals surface area (Å²) >= 11 is 0. The fraction of sp³-hybridized carbons (Fsp3) is 0.647. The van der Waals surface area contributed by atoms with E-state index in [-0.39, 0.29) is 23.1 Å². The van der Waals surface area contributed by atoms with Gasteiger partial charge in [0.25, 0.3) is 5.69 Å². The first-order valence-corrected chi connectivity index (χ1v) is 8.15. The van der Waals surface area contributed by atoms with Crippen molar-refractivity contribution in [2.45, 2.75) is 58.0 Å². The third-order valence-corrected chi connectivity index (χ3v) is 4.49. The first kappa shape index (κ1) is 16.9. The van der Waals surface area contributed by atoms with Gasteiger partial charge in [-0.05, 0) is 43.7 Å². The third kappa shape index (κ3) is 4.05. The minimum absolute atomic E-state index is 0.151. The van der Waals surface area contributed by atoms with Crippen LogP contribution < -0.4 is 0 Å². The molecular formula is C17H26N2O3. The average molecular weight is 306 g/mol. The van der Waals surface area contributed by atoms with Crippen LogP contribution in [0.25, 0.3) is 0 Å². The van der Waals surface area contributed by atoms with Crippen LogP contribution in [-0.2, 0) is 6.54 Å². The van der Waals surface area contributed by atoms with Gasteiger partial charge >= 0.3 is 0 Å². The predicted octanol–water partition coefficient (Wildman–Crippen LogP) is 3.46. The Labute approximate surface area is 132 Å². The first-order valence-electron chi connectivity index (χ1n) is 8.15. The van der Waals surface area contributed by atoms with Gasteiger partial charge in [-0.2, -0.15) is 0 Å². The largest absolute Gasteiger partial charge is 0.396 e. The lowest BCUT2D eigenvalue weighted by atomic mass is 9.99. The summed E-state index contributed by atoms with van der Waals surface area (Å²) in [5, 5.41) is 20.3. The maximum Gasteiger partial charge on any atom is 0.273 e. The maximum absolute atomic E-state index is 11.3. The highest BCUT2D eigenvalue weighted by Gasteiger charge is 2.25. The van der Waals surface area contributed by atoms with Crippen LogP contribution in [-0.4, -0.2) is 34.1 Å². The molecule has 1 atom stereocenters. The van der Waals surface area contributed by atoms with Crippen LogP contribution in [0.1, 0.15) is 56.6 Å². The highest BCUT2D eigenvalue weighted by molar-refractivity contribution is 5.45. The molecule has 1 heterocycles. The zero-order chi connectivity index (χ0) is 16.1. The maximum atomic E-state index is 11.3. The average Bonchev–Trinajstić information content (AvgIpc) is 2.91. The molecule has 1 aromatic rings. The molecule has 1 N–H and O–H groups in total. The van der Waals surface area contributed by atoms with Crippen molar-refractivity contribution in [2.75, 3.05) is 13.2 Å². The number of nitro benzene ring substituents is 1. The van der Waals surface area contributed by atoms with E-state index in [4.69, 9.17) is 5.11 Å². The van der Waals surface area contributed by atoms with Gasteiger partial charge in [0.05, 0.1) is 4.92 Å². The number of aliphatic hydroxyl groups is 1. The highest BCUT2D eigenvalue weighted by Crippen LogP contribution is 2.29. The molecule has 1 unspecified atom stereocenters. The van der Waals surface area contributed by atoms with Gasteiger partial charge in [-0.15, -0.1) is 0 Å². The molecule has 1 saturated heterocycles. The lowest BCUT2D eigenvalue weighted by Crippen LogP contribution is -2.29. The molecule has 0 radical (unpaired) electrons. The second-order valence-electron chi connectivity index (χ2n) is 6.44. The molecule has 0 aliphatic carbocycles. The quantitative estimate of drug-likeness (QED) is 0.619. The number of aliphatic hydroxyl groups excluding tert-OH is 1. The number of nitro groups is 1. The molecule has 2 rings (SSSR count). The van der Waals surface area contributed by atoms with E-state index in [2.05, 4.69) is 4.90 Å². The van der Waals surface area contributed by atoms with Gasteiger partial charge in [0.2, 0.25) is 0 Å². The molecule has 0 spiro atoms. The van der Waals surface area contributed by atoms with Crippen LogP contribution in [0.15, 0.2) is 18.2 Å². The van der Waals surface area contributed by atoms with Crippen LogP contribution in [0.4, 0.5) is 5.69 Å². The number of nitrogens with zero attached hydrogens (tertiary/aromatic N) is 2. The Kier molecular flexibility index (Phi) is 5.91. The van der Waals surface area contributed by atoms with Crippen molar-refractivity contribution in [1.29, 1.82) is 0 Å². The van der Waals surface area contributed by atoms with Gasteiger partial charge in [0.15, 0.2) is 0 Å². The Hall–Kier alpha value is -1.46. The minimum Gasteiger partial charge on any atom is -0.396 e. The molecule has 1 aromatic carbocycles. The van der Waals surface area contributed by atoms with Crippen molar-refractivity contribution in [1.82, 2.24) is 4.90 Å². The summed E-state index contributed by atoms with van der Waals surface area (Å²) in [6.07, 6.45) is 4.16. The Morgan fingerprint density at radius 1 is 1.45 bits per heavy atom. The van der Waals surface area contributed by atoms with E-state index in [1.165, 1.54) is 6.42 Å². The van der Waals surface area contributed by atoms with Crippen molar-refractivity contribution in [3.8, 4) is 0 Å². The van der Waals surface area contributed by atoms with Crippen molar-refractivity contribution in [3.63, 3.8) is 0 Å². The third-order valence-electron chi connectivity index (χ3n) is 4.49. The molecule has 1 fully saturated rings. The van der Waals surface area contributed by atoms with E-state index >= 15 is 0 Å². The number of hydrogen-bond acceptors (Lipinski definition) is 4.